The van der Waals surface area contributed by atoms with Crippen LogP contribution in [0, 0.1) is 17.3 Å². The van der Waals surface area contributed by atoms with E-state index in [1.807, 2.05) is 0 Å². The van der Waals surface area contributed by atoms with Crippen molar-refractivity contribution < 1.29 is 33.4 Å². The van der Waals surface area contributed by atoms with E-state index in [0.29, 0.717) is 12.8 Å². The Morgan fingerprint density at radius 2 is 1.62 bits per heavy atom. The van der Waals surface area contributed by atoms with Gasteiger partial charge in [0.15, 0.2) is 17.3 Å². The minimum atomic E-state index is -1.40. The largest absolute Gasteiger partial charge is 0.469 e. The number of rotatable bonds is 7. The van der Waals surface area contributed by atoms with Gasteiger partial charge < -0.3 is 9.47 Å². The van der Waals surface area contributed by atoms with Gasteiger partial charge in [0.05, 0.1) is 14.2 Å². The van der Waals surface area contributed by atoms with Gasteiger partial charge in [-0.25, -0.2) is 0 Å². The Balaban J connectivity index is 2.77. The highest BCUT2D eigenvalue weighted by Gasteiger charge is 2.53. The lowest BCUT2D eigenvalue weighted by Crippen LogP contribution is -2.51. The summed E-state index contributed by atoms with van der Waals surface area (Å²) >= 11 is 0. The Bertz CT molecular complexity index is 547. The molecule has 1 rings (SSSR count). The van der Waals surface area contributed by atoms with Crippen molar-refractivity contribution in [3.63, 3.8) is 0 Å². The highest BCUT2D eigenvalue weighted by atomic mass is 16.5. The molecule has 0 bridgehead atoms. The summed E-state index contributed by atoms with van der Waals surface area (Å²) < 4.78 is 9.16. The molecule has 0 aliphatic heterocycles. The molecular weight excluding hydrogens is 316 g/mol. The quantitative estimate of drug-likeness (QED) is 0.390. The number of esters is 2. The average Bonchev–Trinajstić information content (AvgIpc) is 2.49. The topological polar surface area (TPSA) is 104 Å². The van der Waals surface area contributed by atoms with E-state index in [9.17, 15) is 24.0 Å². The summed E-state index contributed by atoms with van der Waals surface area (Å²) in [4.78, 5) is 60.0. The number of hydrogen-bond acceptors (Lipinski definition) is 7. The molecule has 1 saturated carbocycles. The lowest BCUT2D eigenvalue weighted by molar-refractivity contribution is -0.161. The first kappa shape index (κ1) is 20.0. The molecule has 1 aliphatic rings. The highest BCUT2D eigenvalue weighted by molar-refractivity contribution is 6.25. The predicted molar refractivity (Wildman–Crippen MR) is 82.9 cm³/mol. The summed E-state index contributed by atoms with van der Waals surface area (Å²) in [6.07, 6.45) is 0.954. The first-order chi connectivity index (χ1) is 11.2. The number of ether oxygens (including phenoxy) is 2. The molecule has 0 unspecified atom stereocenters. The van der Waals surface area contributed by atoms with Crippen LogP contribution in [0.3, 0.4) is 0 Å². The number of carbonyl (C=O) groups is 5. The molecule has 0 radical (unpaired) electrons. The van der Waals surface area contributed by atoms with Crippen LogP contribution in [0.15, 0.2) is 0 Å². The summed E-state index contributed by atoms with van der Waals surface area (Å²) in [5.41, 5.74) is -0.872. The van der Waals surface area contributed by atoms with Crippen LogP contribution >= 0.6 is 0 Å². The van der Waals surface area contributed by atoms with Gasteiger partial charge in [0.1, 0.15) is 11.8 Å². The van der Waals surface area contributed by atoms with Gasteiger partial charge in [-0.2, -0.15) is 0 Å². The monoisotopic (exact) mass is 340 g/mol. The number of carbonyl (C=O) groups excluding carboxylic acids is 5. The first-order valence-electron chi connectivity index (χ1n) is 7.89. The zero-order valence-corrected chi connectivity index (χ0v) is 14.5. The summed E-state index contributed by atoms with van der Waals surface area (Å²) in [7, 11) is 2.45. The lowest BCUT2D eigenvalue weighted by Gasteiger charge is -2.37. The molecule has 1 fully saturated rings. The zero-order chi connectivity index (χ0) is 18.5. The van der Waals surface area contributed by atoms with E-state index >= 15 is 0 Å². The van der Waals surface area contributed by atoms with E-state index in [1.54, 1.807) is 13.8 Å². The van der Waals surface area contributed by atoms with Gasteiger partial charge in [0, 0.05) is 19.3 Å². The molecule has 0 N–H and O–H groups in total. The van der Waals surface area contributed by atoms with Crippen molar-refractivity contribution in [2.75, 3.05) is 14.2 Å². The van der Waals surface area contributed by atoms with Crippen LogP contribution in [0.1, 0.15) is 46.0 Å². The average molecular weight is 340 g/mol. The van der Waals surface area contributed by atoms with Crippen molar-refractivity contribution in [3.8, 4) is 0 Å². The van der Waals surface area contributed by atoms with Crippen LogP contribution in [0.25, 0.3) is 0 Å². The van der Waals surface area contributed by atoms with Crippen molar-refractivity contribution in [3.05, 3.63) is 0 Å². The highest BCUT2D eigenvalue weighted by Crippen LogP contribution is 2.40. The van der Waals surface area contributed by atoms with Crippen molar-refractivity contribution in [1.82, 2.24) is 0 Å². The molecule has 0 amide bonds. The van der Waals surface area contributed by atoms with Crippen molar-refractivity contribution in [2.24, 2.45) is 17.3 Å². The molecule has 7 heteroatoms. The Kier molecular flexibility index (Phi) is 6.81. The molecule has 0 heterocycles. The van der Waals surface area contributed by atoms with Crippen LogP contribution in [0.2, 0.25) is 0 Å². The Labute approximate surface area is 141 Å². The summed E-state index contributed by atoms with van der Waals surface area (Å²) in [5, 5.41) is 0. The lowest BCUT2D eigenvalue weighted by atomic mass is 9.63. The fourth-order valence-corrected chi connectivity index (χ4v) is 3.07. The minimum absolute atomic E-state index is 0.00740. The molecule has 134 valence electrons. The Hall–Kier alpha value is -2.05. The van der Waals surface area contributed by atoms with Crippen LogP contribution < -0.4 is 0 Å². The zero-order valence-electron chi connectivity index (χ0n) is 14.5. The fourth-order valence-electron chi connectivity index (χ4n) is 3.07. The third-order valence-corrected chi connectivity index (χ3v) is 4.34. The van der Waals surface area contributed by atoms with Gasteiger partial charge in [-0.1, -0.05) is 13.8 Å². The summed E-state index contributed by atoms with van der Waals surface area (Å²) in [6.45, 7) is 3.28. The molecule has 0 spiro atoms. The molecule has 24 heavy (non-hydrogen) atoms. The SMILES string of the molecule is COC(=O)CCCCC(=O)[C@H]1C(=O)CC(C)(C)[C@@H](C(=O)OC)C1=O. The molecule has 1 aliphatic carbocycles. The number of methoxy groups -OCH3 is 2. The van der Waals surface area contributed by atoms with Crippen molar-refractivity contribution in [2.45, 2.75) is 46.0 Å². The smallest absolute Gasteiger partial charge is 0.316 e. The Morgan fingerprint density at radius 1 is 1.04 bits per heavy atom. The molecule has 0 saturated heterocycles. The van der Waals surface area contributed by atoms with Crippen LogP contribution in [-0.4, -0.2) is 43.5 Å². The molecular formula is C17H24O7. The third-order valence-electron chi connectivity index (χ3n) is 4.34. The fraction of sp³-hybridized carbons (Fsp3) is 0.706. The Morgan fingerprint density at radius 3 is 2.17 bits per heavy atom. The second kappa shape index (κ2) is 8.17. The van der Waals surface area contributed by atoms with Gasteiger partial charge >= 0.3 is 11.9 Å². The van der Waals surface area contributed by atoms with E-state index < -0.39 is 40.6 Å². The van der Waals surface area contributed by atoms with Crippen LogP contribution in [-0.2, 0) is 33.4 Å². The van der Waals surface area contributed by atoms with E-state index in [1.165, 1.54) is 14.2 Å². The third kappa shape index (κ3) is 4.49. The second-order valence-corrected chi connectivity index (χ2v) is 6.67. The first-order valence-corrected chi connectivity index (χ1v) is 7.89. The maximum atomic E-state index is 12.6. The number of ketones is 3. The van der Waals surface area contributed by atoms with E-state index in [4.69, 9.17) is 0 Å². The van der Waals surface area contributed by atoms with Gasteiger partial charge in [-0.15, -0.1) is 0 Å². The molecule has 2 atom stereocenters. The molecule has 7 nitrogen and oxygen atoms in total. The van der Waals surface area contributed by atoms with Gasteiger partial charge in [0.2, 0.25) is 0 Å². The van der Waals surface area contributed by atoms with Gasteiger partial charge in [0.25, 0.3) is 0 Å². The molecule has 0 aromatic rings. The summed E-state index contributed by atoms with van der Waals surface area (Å²) in [6, 6.07) is 0. The van der Waals surface area contributed by atoms with E-state index in [2.05, 4.69) is 9.47 Å². The number of Topliss-reactive ketones (excluding diaryl/α,β-unsaturated/α-hetero) is 3. The minimum Gasteiger partial charge on any atom is -0.469 e. The second-order valence-electron chi connectivity index (χ2n) is 6.67. The molecule has 0 aromatic carbocycles. The number of hydrogen-bond donors (Lipinski definition) is 0. The maximum absolute atomic E-state index is 12.6. The summed E-state index contributed by atoms with van der Waals surface area (Å²) in [5.74, 6) is -5.26. The van der Waals surface area contributed by atoms with E-state index in [-0.39, 0.29) is 25.2 Å². The van der Waals surface area contributed by atoms with Crippen molar-refractivity contribution >= 4 is 29.3 Å². The maximum Gasteiger partial charge on any atom is 0.316 e. The molecule has 0 aromatic heterocycles. The van der Waals surface area contributed by atoms with Gasteiger partial charge in [-0.3, -0.25) is 24.0 Å². The standard InChI is InChI=1S/C17H24O7/c1-17(2)9-11(19)13(15(21)14(17)16(22)24-4)10(18)7-5-6-8-12(20)23-3/h13-14H,5-9H2,1-4H3/t13-,14+/m0/s1. The van der Waals surface area contributed by atoms with Gasteiger partial charge in [-0.05, 0) is 18.3 Å². The predicted octanol–water partition coefficient (Wildman–Crippen LogP) is 1.26. The van der Waals surface area contributed by atoms with Crippen LogP contribution in [0.4, 0.5) is 0 Å². The normalized spacial score (nSPS) is 22.8. The van der Waals surface area contributed by atoms with Crippen molar-refractivity contribution in [1.29, 1.82) is 0 Å². The number of unbranched alkanes of at least 4 members (excludes halogenated alkanes) is 1. The van der Waals surface area contributed by atoms with Crippen LogP contribution in [0.5, 0.6) is 0 Å². The van der Waals surface area contributed by atoms with E-state index in [0.717, 1.165) is 0 Å².